The number of aryl methyl sites for hydroxylation is 2. The molecule has 27 heavy (non-hydrogen) atoms. The summed E-state index contributed by atoms with van der Waals surface area (Å²) in [6.45, 7) is 1.78. The number of nitrogens with zero attached hydrogens (tertiary/aromatic N) is 3. The second kappa shape index (κ2) is 9.96. The van der Waals surface area contributed by atoms with Crippen molar-refractivity contribution >= 4 is 17.5 Å². The first kappa shape index (κ1) is 23.3. The van der Waals surface area contributed by atoms with Crippen LogP contribution in [-0.2, 0) is 16.1 Å². The van der Waals surface area contributed by atoms with Crippen LogP contribution in [0.15, 0.2) is 22.2 Å². The molecule has 1 aliphatic carbocycles. The van der Waals surface area contributed by atoms with Crippen molar-refractivity contribution < 1.29 is 49.0 Å². The Morgan fingerprint density at radius 2 is 1.93 bits per heavy atom. The summed E-state index contributed by atoms with van der Waals surface area (Å²) in [5.74, 6) is -1.92. The van der Waals surface area contributed by atoms with Crippen LogP contribution in [0.4, 0.5) is 0 Å². The molecule has 8 nitrogen and oxygen atoms in total. The van der Waals surface area contributed by atoms with Gasteiger partial charge in [0, 0.05) is 33.5 Å². The number of aromatic nitrogens is 2. The van der Waals surface area contributed by atoms with Crippen LogP contribution < -0.4 is 40.2 Å². The summed E-state index contributed by atoms with van der Waals surface area (Å²) in [7, 11) is 3.29. The van der Waals surface area contributed by atoms with Gasteiger partial charge < -0.3 is 10.0 Å². The Balaban J connectivity index is 0.00000364. The van der Waals surface area contributed by atoms with Crippen LogP contribution in [0, 0.1) is 6.92 Å². The normalized spacial score (nSPS) is 14.0. The van der Waals surface area contributed by atoms with E-state index in [9.17, 15) is 24.3 Å². The first-order valence-electron chi connectivity index (χ1n) is 8.49. The van der Waals surface area contributed by atoms with E-state index in [1.54, 1.807) is 21.0 Å². The summed E-state index contributed by atoms with van der Waals surface area (Å²) < 4.78 is 1.11. The molecule has 1 aromatic rings. The SMILES string of the molecule is Cc1cc(C(=O)C2=C([O-])CCCC2=O)c(=O)n(CCCC(=O)N(C)C)n1.[Na+]. The number of ketones is 2. The average molecular weight is 383 g/mol. The molecule has 0 saturated carbocycles. The number of hydrogen-bond acceptors (Lipinski definition) is 6. The third kappa shape index (κ3) is 5.60. The van der Waals surface area contributed by atoms with Gasteiger partial charge in [0.15, 0.2) is 5.78 Å². The van der Waals surface area contributed by atoms with Crippen molar-refractivity contribution in [3.05, 3.63) is 39.0 Å². The van der Waals surface area contributed by atoms with Gasteiger partial charge in [0.25, 0.3) is 5.56 Å². The second-order valence-electron chi connectivity index (χ2n) is 6.52. The molecule has 9 heteroatoms. The fraction of sp³-hybridized carbons (Fsp3) is 0.500. The molecule has 1 amide bonds. The largest absolute Gasteiger partial charge is 1.00 e. The van der Waals surface area contributed by atoms with Crippen molar-refractivity contribution in [1.82, 2.24) is 14.7 Å². The zero-order valence-electron chi connectivity index (χ0n) is 16.2. The number of carbonyl (C=O) groups excluding carboxylic acids is 3. The van der Waals surface area contributed by atoms with Crippen LogP contribution in [0.1, 0.15) is 48.2 Å². The maximum Gasteiger partial charge on any atom is 1.00 e. The predicted molar refractivity (Wildman–Crippen MR) is 91.4 cm³/mol. The third-order valence-corrected chi connectivity index (χ3v) is 4.19. The van der Waals surface area contributed by atoms with Gasteiger partial charge in [-0.1, -0.05) is 0 Å². The molecule has 0 aliphatic heterocycles. The van der Waals surface area contributed by atoms with Crippen LogP contribution in [-0.4, -0.2) is 46.2 Å². The molecule has 0 fully saturated rings. The molecule has 0 atom stereocenters. The van der Waals surface area contributed by atoms with E-state index in [1.807, 2.05) is 0 Å². The number of Topliss-reactive ketones (excluding diaryl/α,β-unsaturated/α-hetero) is 2. The summed E-state index contributed by atoms with van der Waals surface area (Å²) in [5, 5.41) is 16.1. The summed E-state index contributed by atoms with van der Waals surface area (Å²) >= 11 is 0. The van der Waals surface area contributed by atoms with E-state index in [-0.39, 0.29) is 66.8 Å². The molecule has 0 N–H and O–H groups in total. The Hall–Kier alpha value is -1.77. The number of amides is 1. The zero-order chi connectivity index (χ0) is 19.4. The molecule has 1 aliphatic rings. The molecular weight excluding hydrogens is 361 g/mol. The van der Waals surface area contributed by atoms with E-state index in [4.69, 9.17) is 0 Å². The molecule has 140 valence electrons. The molecule has 2 rings (SSSR count). The quantitative estimate of drug-likeness (QED) is 0.294. The van der Waals surface area contributed by atoms with Crippen LogP contribution in [0.3, 0.4) is 0 Å². The minimum Gasteiger partial charge on any atom is -0.875 e. The van der Waals surface area contributed by atoms with Crippen molar-refractivity contribution in [2.24, 2.45) is 0 Å². The van der Waals surface area contributed by atoms with Gasteiger partial charge in [-0.3, -0.25) is 19.2 Å². The Labute approximate surface area is 179 Å². The van der Waals surface area contributed by atoms with E-state index in [1.165, 1.54) is 11.0 Å². The first-order valence-corrected chi connectivity index (χ1v) is 8.49. The standard InChI is InChI=1S/C18H23N3O5.Na/c1-11-10-12(17(25)16-13(22)6-4-7-14(16)23)18(26)21(19-11)9-5-8-15(24)20(2)3;/h10,22H,4-9H2,1-3H3;/q;+1/p-1. The predicted octanol–water partition coefficient (Wildman–Crippen LogP) is -3.03. The number of rotatable bonds is 6. The maximum atomic E-state index is 12.6. The zero-order valence-corrected chi connectivity index (χ0v) is 18.2. The molecule has 0 spiro atoms. The van der Waals surface area contributed by atoms with Gasteiger partial charge in [-0.05, 0) is 32.3 Å². The van der Waals surface area contributed by atoms with Crippen molar-refractivity contribution in [3.8, 4) is 0 Å². The Kier molecular flexibility index (Phi) is 8.59. The summed E-state index contributed by atoms with van der Waals surface area (Å²) in [6.07, 6.45) is 1.32. The number of carbonyl (C=O) groups is 3. The second-order valence-corrected chi connectivity index (χ2v) is 6.52. The van der Waals surface area contributed by atoms with Gasteiger partial charge in [-0.15, -0.1) is 5.76 Å². The summed E-state index contributed by atoms with van der Waals surface area (Å²) in [4.78, 5) is 50.3. The van der Waals surface area contributed by atoms with Gasteiger partial charge in [0.05, 0.1) is 16.8 Å². The van der Waals surface area contributed by atoms with Crippen LogP contribution >= 0.6 is 0 Å². The molecule has 1 aromatic heterocycles. The van der Waals surface area contributed by atoms with Crippen molar-refractivity contribution in [2.75, 3.05) is 14.1 Å². The topological polar surface area (TPSA) is 112 Å². The van der Waals surface area contributed by atoms with E-state index < -0.39 is 28.5 Å². The fourth-order valence-corrected chi connectivity index (χ4v) is 2.80. The van der Waals surface area contributed by atoms with E-state index in [2.05, 4.69) is 5.10 Å². The molecule has 0 unspecified atom stereocenters. The van der Waals surface area contributed by atoms with Crippen molar-refractivity contribution in [3.63, 3.8) is 0 Å². The molecule has 0 aromatic carbocycles. The van der Waals surface area contributed by atoms with E-state index >= 15 is 0 Å². The molecular formula is C18H22N3NaO5. The molecule has 0 bridgehead atoms. The minimum atomic E-state index is -0.826. The van der Waals surface area contributed by atoms with Crippen LogP contribution in [0.25, 0.3) is 0 Å². The monoisotopic (exact) mass is 383 g/mol. The van der Waals surface area contributed by atoms with Crippen LogP contribution in [0.5, 0.6) is 0 Å². The van der Waals surface area contributed by atoms with E-state index in [0.717, 1.165) is 4.68 Å². The number of allylic oxidation sites excluding steroid dienone is 2. The third-order valence-electron chi connectivity index (χ3n) is 4.19. The van der Waals surface area contributed by atoms with Gasteiger partial charge >= 0.3 is 29.6 Å². The van der Waals surface area contributed by atoms with Crippen LogP contribution in [0.2, 0.25) is 0 Å². The summed E-state index contributed by atoms with van der Waals surface area (Å²) in [6, 6.07) is 1.30. The summed E-state index contributed by atoms with van der Waals surface area (Å²) in [5.41, 5.74) is -0.872. The van der Waals surface area contributed by atoms with Gasteiger partial charge in [0.2, 0.25) is 11.7 Å². The van der Waals surface area contributed by atoms with Gasteiger partial charge in [0.1, 0.15) is 0 Å². The Bertz CT molecular complexity index is 842. The Morgan fingerprint density at radius 1 is 1.26 bits per heavy atom. The van der Waals surface area contributed by atoms with Gasteiger partial charge in [-0.2, -0.15) is 5.10 Å². The van der Waals surface area contributed by atoms with Crippen molar-refractivity contribution in [1.29, 1.82) is 0 Å². The average Bonchev–Trinajstić information content (AvgIpc) is 2.57. The minimum absolute atomic E-state index is 0. The molecule has 0 saturated heterocycles. The Morgan fingerprint density at radius 3 is 2.52 bits per heavy atom. The smallest absolute Gasteiger partial charge is 0.875 e. The molecule has 1 heterocycles. The maximum absolute atomic E-state index is 12.6. The number of hydrogen-bond donors (Lipinski definition) is 0. The molecule has 0 radical (unpaired) electrons. The van der Waals surface area contributed by atoms with Crippen molar-refractivity contribution in [2.45, 2.75) is 45.6 Å². The van der Waals surface area contributed by atoms with Gasteiger partial charge in [-0.25, -0.2) is 4.68 Å². The fourth-order valence-electron chi connectivity index (χ4n) is 2.80. The first-order chi connectivity index (χ1) is 12.2. The van der Waals surface area contributed by atoms with E-state index in [0.29, 0.717) is 18.5 Å².